The predicted molar refractivity (Wildman–Crippen MR) is 88.7 cm³/mol. The fraction of sp³-hybridized carbons (Fsp3) is 0.267. The first kappa shape index (κ1) is 14.8. The predicted octanol–water partition coefficient (Wildman–Crippen LogP) is 4.35. The summed E-state index contributed by atoms with van der Waals surface area (Å²) < 4.78 is 1.20. The second-order valence-corrected chi connectivity index (χ2v) is 5.99. The number of aryl methyl sites for hydroxylation is 1. The summed E-state index contributed by atoms with van der Waals surface area (Å²) in [5.41, 5.74) is 3.38. The molecule has 2 nitrogen and oxygen atoms in total. The van der Waals surface area contributed by atoms with Crippen molar-refractivity contribution < 1.29 is 0 Å². The maximum atomic E-state index is 6.13. The van der Waals surface area contributed by atoms with Crippen LogP contribution in [0, 0.1) is 10.5 Å². The Morgan fingerprint density at radius 3 is 2.74 bits per heavy atom. The zero-order valence-corrected chi connectivity index (χ0v) is 13.9. The Morgan fingerprint density at radius 1 is 1.32 bits per heavy atom. The summed E-state index contributed by atoms with van der Waals surface area (Å²) in [4.78, 5) is 4.38. The molecular weight excluding hydrogens is 371 g/mol. The summed E-state index contributed by atoms with van der Waals surface area (Å²) in [5.74, 6) is 0. The molecule has 1 atom stereocenters. The first-order valence-electron chi connectivity index (χ1n) is 6.22. The molecule has 0 saturated carbocycles. The molecule has 19 heavy (non-hydrogen) atoms. The standard InChI is InChI=1S/C15H16ClIN2/c1-3-18-15(11-5-4-10(2)19-9-11)13-8-12(16)6-7-14(13)17/h4-9,15,18H,3H2,1-2H3. The molecular formula is C15H16ClIN2. The van der Waals surface area contributed by atoms with Gasteiger partial charge >= 0.3 is 0 Å². The van der Waals surface area contributed by atoms with Crippen molar-refractivity contribution in [2.45, 2.75) is 19.9 Å². The van der Waals surface area contributed by atoms with E-state index in [1.54, 1.807) is 0 Å². The number of benzene rings is 1. The zero-order chi connectivity index (χ0) is 13.8. The third-order valence-electron chi connectivity index (χ3n) is 2.94. The molecule has 0 aliphatic heterocycles. The molecule has 0 fully saturated rings. The van der Waals surface area contributed by atoms with E-state index in [0.717, 1.165) is 22.8 Å². The van der Waals surface area contributed by atoms with Crippen LogP contribution in [-0.4, -0.2) is 11.5 Å². The van der Waals surface area contributed by atoms with Crippen molar-refractivity contribution in [2.75, 3.05) is 6.54 Å². The van der Waals surface area contributed by atoms with Crippen LogP contribution in [0.2, 0.25) is 5.02 Å². The van der Waals surface area contributed by atoms with Gasteiger partial charge < -0.3 is 5.32 Å². The van der Waals surface area contributed by atoms with E-state index in [0.29, 0.717) is 0 Å². The molecule has 2 rings (SSSR count). The van der Waals surface area contributed by atoms with Gasteiger partial charge in [0.1, 0.15) is 0 Å². The minimum absolute atomic E-state index is 0.128. The minimum atomic E-state index is 0.128. The van der Waals surface area contributed by atoms with E-state index >= 15 is 0 Å². The largest absolute Gasteiger partial charge is 0.306 e. The lowest BCUT2D eigenvalue weighted by Crippen LogP contribution is -2.23. The smallest absolute Gasteiger partial charge is 0.0602 e. The Bertz CT molecular complexity index is 555. The van der Waals surface area contributed by atoms with E-state index in [2.05, 4.69) is 45.9 Å². The topological polar surface area (TPSA) is 24.9 Å². The third-order valence-corrected chi connectivity index (χ3v) is 4.16. The third kappa shape index (κ3) is 3.68. The molecule has 1 N–H and O–H groups in total. The molecule has 4 heteroatoms. The first-order valence-corrected chi connectivity index (χ1v) is 7.68. The van der Waals surface area contributed by atoms with Gasteiger partial charge in [-0.1, -0.05) is 24.6 Å². The molecule has 0 aliphatic rings. The molecule has 0 amide bonds. The average molecular weight is 387 g/mol. The number of pyridine rings is 1. The number of aromatic nitrogens is 1. The number of hydrogen-bond acceptors (Lipinski definition) is 2. The lowest BCUT2D eigenvalue weighted by atomic mass is 10.00. The van der Waals surface area contributed by atoms with Crippen molar-refractivity contribution in [2.24, 2.45) is 0 Å². The molecule has 0 aliphatic carbocycles. The van der Waals surface area contributed by atoms with Crippen LogP contribution in [0.5, 0.6) is 0 Å². The Hall–Kier alpha value is -0.650. The van der Waals surface area contributed by atoms with Crippen LogP contribution in [0.25, 0.3) is 0 Å². The van der Waals surface area contributed by atoms with Crippen molar-refractivity contribution in [3.05, 3.63) is 61.9 Å². The van der Waals surface area contributed by atoms with Gasteiger partial charge in [0.15, 0.2) is 0 Å². The Kier molecular flexibility index (Phi) is 5.19. The van der Waals surface area contributed by atoms with Crippen LogP contribution >= 0.6 is 34.2 Å². The molecule has 1 aromatic carbocycles. The number of hydrogen-bond donors (Lipinski definition) is 1. The van der Waals surface area contributed by atoms with Crippen LogP contribution < -0.4 is 5.32 Å². The molecule has 1 aromatic heterocycles. The van der Waals surface area contributed by atoms with Crippen molar-refractivity contribution in [1.29, 1.82) is 0 Å². The van der Waals surface area contributed by atoms with Crippen LogP contribution in [0.1, 0.15) is 29.8 Å². The number of rotatable bonds is 4. The van der Waals surface area contributed by atoms with E-state index < -0.39 is 0 Å². The van der Waals surface area contributed by atoms with Gasteiger partial charge in [0.05, 0.1) is 6.04 Å². The number of nitrogens with one attached hydrogen (secondary N) is 1. The molecule has 0 saturated heterocycles. The Labute approximate surface area is 132 Å². The molecule has 1 unspecified atom stereocenters. The molecule has 100 valence electrons. The van der Waals surface area contributed by atoms with Gasteiger partial charge in [0, 0.05) is 20.5 Å². The monoisotopic (exact) mass is 386 g/mol. The molecule has 2 aromatic rings. The van der Waals surface area contributed by atoms with Gasteiger partial charge in [-0.15, -0.1) is 0 Å². The van der Waals surface area contributed by atoms with Crippen molar-refractivity contribution >= 4 is 34.2 Å². The highest BCUT2D eigenvalue weighted by Gasteiger charge is 2.16. The van der Waals surface area contributed by atoms with E-state index in [4.69, 9.17) is 11.6 Å². The van der Waals surface area contributed by atoms with Gasteiger partial charge in [0.2, 0.25) is 0 Å². The van der Waals surface area contributed by atoms with E-state index in [9.17, 15) is 0 Å². The van der Waals surface area contributed by atoms with Crippen molar-refractivity contribution in [3.8, 4) is 0 Å². The lowest BCUT2D eigenvalue weighted by molar-refractivity contribution is 0.626. The van der Waals surface area contributed by atoms with E-state index in [-0.39, 0.29) is 6.04 Å². The average Bonchev–Trinajstić information content (AvgIpc) is 2.40. The van der Waals surface area contributed by atoms with Gasteiger partial charge in [-0.25, -0.2) is 0 Å². The van der Waals surface area contributed by atoms with Crippen molar-refractivity contribution in [3.63, 3.8) is 0 Å². The highest BCUT2D eigenvalue weighted by atomic mass is 127. The summed E-state index contributed by atoms with van der Waals surface area (Å²) in [5, 5.41) is 4.26. The fourth-order valence-corrected chi connectivity index (χ4v) is 2.82. The highest BCUT2D eigenvalue weighted by Crippen LogP contribution is 2.28. The van der Waals surface area contributed by atoms with Gasteiger partial charge in [-0.3, -0.25) is 4.98 Å². The first-order chi connectivity index (χ1) is 9.11. The lowest BCUT2D eigenvalue weighted by Gasteiger charge is -2.20. The van der Waals surface area contributed by atoms with Gasteiger partial charge in [-0.05, 0) is 71.5 Å². The molecule has 1 heterocycles. The van der Waals surface area contributed by atoms with E-state index in [1.165, 1.54) is 9.13 Å². The second-order valence-electron chi connectivity index (χ2n) is 4.39. The summed E-state index contributed by atoms with van der Waals surface area (Å²) in [7, 11) is 0. The van der Waals surface area contributed by atoms with Crippen LogP contribution in [0.4, 0.5) is 0 Å². The highest BCUT2D eigenvalue weighted by molar-refractivity contribution is 14.1. The maximum Gasteiger partial charge on any atom is 0.0602 e. The quantitative estimate of drug-likeness (QED) is 0.790. The summed E-state index contributed by atoms with van der Waals surface area (Å²) >= 11 is 8.47. The Balaban J connectivity index is 2.44. The summed E-state index contributed by atoms with van der Waals surface area (Å²) in [6.45, 7) is 4.99. The number of halogens is 2. The normalized spacial score (nSPS) is 12.4. The summed E-state index contributed by atoms with van der Waals surface area (Å²) in [6.07, 6.45) is 1.93. The van der Waals surface area contributed by atoms with Crippen LogP contribution in [-0.2, 0) is 0 Å². The summed E-state index contributed by atoms with van der Waals surface area (Å²) in [6, 6.07) is 10.3. The van der Waals surface area contributed by atoms with Crippen LogP contribution in [0.3, 0.4) is 0 Å². The van der Waals surface area contributed by atoms with Crippen molar-refractivity contribution in [1.82, 2.24) is 10.3 Å². The fourth-order valence-electron chi connectivity index (χ4n) is 2.00. The second kappa shape index (κ2) is 6.68. The van der Waals surface area contributed by atoms with Gasteiger partial charge in [-0.2, -0.15) is 0 Å². The van der Waals surface area contributed by atoms with Crippen LogP contribution in [0.15, 0.2) is 36.5 Å². The zero-order valence-electron chi connectivity index (χ0n) is 11.0. The SMILES string of the molecule is CCNC(c1ccc(C)nc1)c1cc(Cl)ccc1I. The maximum absolute atomic E-state index is 6.13. The Morgan fingerprint density at radius 2 is 2.11 bits per heavy atom. The molecule has 0 spiro atoms. The van der Waals surface area contributed by atoms with E-state index in [1.807, 2.05) is 37.4 Å². The molecule has 0 bridgehead atoms. The molecule has 0 radical (unpaired) electrons. The van der Waals surface area contributed by atoms with Gasteiger partial charge in [0.25, 0.3) is 0 Å². The number of nitrogens with zero attached hydrogens (tertiary/aromatic N) is 1. The minimum Gasteiger partial charge on any atom is -0.306 e.